The molecule has 164 valence electrons. The number of pyridine rings is 2. The Bertz CT molecular complexity index is 1380. The van der Waals surface area contributed by atoms with Gasteiger partial charge in [0.25, 0.3) is 0 Å². The number of rotatable bonds is 4. The standard InChI is InChI=1S/C26H24N6O/c1-16-25(17(2)30-15-29-16)22-8-10-24(32-26(33)18(3)27-4)31-23(22)9-6-19-5-7-21-14-28-12-11-20(21)13-19/h5,7-8,10-15,18,27H,1-4H3,(H,31,32,33). The molecule has 7 heteroatoms. The van der Waals surface area contributed by atoms with Crippen LogP contribution in [0.25, 0.3) is 21.9 Å². The number of carbonyl (C=O) groups is 1. The molecule has 1 atom stereocenters. The van der Waals surface area contributed by atoms with Crippen molar-refractivity contribution >= 4 is 22.5 Å². The molecule has 33 heavy (non-hydrogen) atoms. The maximum Gasteiger partial charge on any atom is 0.242 e. The fourth-order valence-electron chi connectivity index (χ4n) is 3.47. The third kappa shape index (κ3) is 4.86. The predicted octanol–water partition coefficient (Wildman–Crippen LogP) is 3.65. The summed E-state index contributed by atoms with van der Waals surface area (Å²) in [6, 6.07) is 11.3. The lowest BCUT2D eigenvalue weighted by molar-refractivity contribution is -0.117. The number of hydrogen-bond acceptors (Lipinski definition) is 6. The van der Waals surface area contributed by atoms with Gasteiger partial charge in [0.2, 0.25) is 5.91 Å². The SMILES string of the molecule is CNC(C)C(=O)Nc1ccc(-c2c(C)ncnc2C)c(C#Cc2ccc3cnccc3c2)n1. The van der Waals surface area contributed by atoms with Crippen molar-refractivity contribution in [2.24, 2.45) is 0 Å². The second-order valence-corrected chi connectivity index (χ2v) is 7.70. The summed E-state index contributed by atoms with van der Waals surface area (Å²) in [4.78, 5) is 29.9. The Morgan fingerprint density at radius 1 is 1.00 bits per heavy atom. The fourth-order valence-corrected chi connectivity index (χ4v) is 3.47. The second kappa shape index (κ2) is 9.55. The molecule has 0 fully saturated rings. The van der Waals surface area contributed by atoms with E-state index in [-0.39, 0.29) is 11.9 Å². The van der Waals surface area contributed by atoms with Crippen LogP contribution >= 0.6 is 0 Å². The van der Waals surface area contributed by atoms with Crippen LogP contribution in [0.3, 0.4) is 0 Å². The van der Waals surface area contributed by atoms with Crippen LogP contribution in [0.15, 0.2) is 55.1 Å². The maximum absolute atomic E-state index is 12.3. The molecule has 7 nitrogen and oxygen atoms in total. The lowest BCUT2D eigenvalue weighted by atomic mass is 10.0. The topological polar surface area (TPSA) is 92.7 Å². The highest BCUT2D eigenvalue weighted by molar-refractivity contribution is 5.94. The molecule has 4 aromatic rings. The molecule has 0 saturated heterocycles. The number of likely N-dealkylation sites (N-methyl/N-ethyl adjacent to an activating group) is 1. The van der Waals surface area contributed by atoms with Gasteiger partial charge in [-0.25, -0.2) is 15.0 Å². The van der Waals surface area contributed by atoms with E-state index in [9.17, 15) is 4.79 Å². The van der Waals surface area contributed by atoms with Crippen LogP contribution in [0, 0.1) is 25.7 Å². The van der Waals surface area contributed by atoms with Crippen LogP contribution in [-0.4, -0.2) is 38.9 Å². The fraction of sp³-hybridized carbons (Fsp3) is 0.192. The molecule has 4 rings (SSSR count). The quantitative estimate of drug-likeness (QED) is 0.475. The van der Waals surface area contributed by atoms with E-state index in [0.29, 0.717) is 11.5 Å². The average molecular weight is 437 g/mol. The molecule has 0 bridgehead atoms. The van der Waals surface area contributed by atoms with Crippen LogP contribution in [0.5, 0.6) is 0 Å². The van der Waals surface area contributed by atoms with Gasteiger partial charge in [-0.05, 0) is 69.5 Å². The summed E-state index contributed by atoms with van der Waals surface area (Å²) in [7, 11) is 1.73. The Labute approximate surface area is 192 Å². The van der Waals surface area contributed by atoms with E-state index in [2.05, 4.69) is 42.4 Å². The van der Waals surface area contributed by atoms with E-state index >= 15 is 0 Å². The number of amides is 1. The lowest BCUT2D eigenvalue weighted by Gasteiger charge is -2.13. The number of benzene rings is 1. The minimum absolute atomic E-state index is 0.171. The normalized spacial score (nSPS) is 11.5. The van der Waals surface area contributed by atoms with Gasteiger partial charge in [0.15, 0.2) is 0 Å². The van der Waals surface area contributed by atoms with Gasteiger partial charge < -0.3 is 10.6 Å². The van der Waals surface area contributed by atoms with Crippen molar-refractivity contribution in [3.8, 4) is 23.0 Å². The third-order valence-corrected chi connectivity index (χ3v) is 5.43. The summed E-state index contributed by atoms with van der Waals surface area (Å²) < 4.78 is 0. The summed E-state index contributed by atoms with van der Waals surface area (Å²) in [5, 5.41) is 7.89. The van der Waals surface area contributed by atoms with Crippen LogP contribution in [0.4, 0.5) is 5.82 Å². The van der Waals surface area contributed by atoms with Crippen LogP contribution in [-0.2, 0) is 4.79 Å². The highest BCUT2D eigenvalue weighted by atomic mass is 16.2. The zero-order chi connectivity index (χ0) is 23.4. The van der Waals surface area contributed by atoms with Crippen molar-refractivity contribution in [1.29, 1.82) is 0 Å². The van der Waals surface area contributed by atoms with Gasteiger partial charge in [-0.15, -0.1) is 0 Å². The average Bonchev–Trinajstić information content (AvgIpc) is 2.82. The molecular weight excluding hydrogens is 412 g/mol. The van der Waals surface area contributed by atoms with E-state index in [0.717, 1.165) is 38.9 Å². The third-order valence-electron chi connectivity index (χ3n) is 5.43. The van der Waals surface area contributed by atoms with Crippen LogP contribution in [0.2, 0.25) is 0 Å². The summed E-state index contributed by atoms with van der Waals surface area (Å²) in [5.41, 5.74) is 4.79. The van der Waals surface area contributed by atoms with Gasteiger partial charge in [-0.1, -0.05) is 12.0 Å². The van der Waals surface area contributed by atoms with Crippen molar-refractivity contribution in [2.45, 2.75) is 26.8 Å². The maximum atomic E-state index is 12.3. The lowest BCUT2D eigenvalue weighted by Crippen LogP contribution is -2.35. The van der Waals surface area contributed by atoms with E-state index in [1.807, 2.05) is 50.4 Å². The smallest absolute Gasteiger partial charge is 0.242 e. The molecule has 0 aliphatic rings. The molecular formula is C26H24N6O. The predicted molar refractivity (Wildman–Crippen MR) is 130 cm³/mol. The summed E-state index contributed by atoms with van der Waals surface area (Å²) >= 11 is 0. The molecule has 1 amide bonds. The molecule has 0 spiro atoms. The zero-order valence-electron chi connectivity index (χ0n) is 19.0. The van der Waals surface area contributed by atoms with Crippen LogP contribution < -0.4 is 10.6 Å². The van der Waals surface area contributed by atoms with Crippen molar-refractivity contribution in [3.63, 3.8) is 0 Å². The minimum Gasteiger partial charge on any atom is -0.309 e. The van der Waals surface area contributed by atoms with Crippen molar-refractivity contribution < 1.29 is 4.79 Å². The number of anilines is 1. The molecule has 1 aromatic carbocycles. The number of aryl methyl sites for hydroxylation is 2. The van der Waals surface area contributed by atoms with Crippen molar-refractivity contribution in [3.05, 3.63) is 77.8 Å². The van der Waals surface area contributed by atoms with Gasteiger partial charge in [0, 0.05) is 45.9 Å². The molecule has 0 radical (unpaired) electrons. The molecule has 1 unspecified atom stereocenters. The number of carbonyl (C=O) groups excluding carboxylic acids is 1. The largest absolute Gasteiger partial charge is 0.309 e. The second-order valence-electron chi connectivity index (χ2n) is 7.70. The molecule has 3 aromatic heterocycles. The van der Waals surface area contributed by atoms with Gasteiger partial charge in [-0.2, -0.15) is 0 Å². The van der Waals surface area contributed by atoms with E-state index in [4.69, 9.17) is 0 Å². The monoisotopic (exact) mass is 436 g/mol. The first kappa shape index (κ1) is 22.1. The summed E-state index contributed by atoms with van der Waals surface area (Å²) in [5.74, 6) is 6.69. The molecule has 3 heterocycles. The zero-order valence-corrected chi connectivity index (χ0v) is 19.0. The first-order valence-electron chi connectivity index (χ1n) is 10.6. The van der Waals surface area contributed by atoms with Gasteiger partial charge in [-0.3, -0.25) is 9.78 Å². The number of nitrogens with one attached hydrogen (secondary N) is 2. The van der Waals surface area contributed by atoms with Gasteiger partial charge in [0.1, 0.15) is 17.8 Å². The summed E-state index contributed by atoms with van der Waals surface area (Å²) in [6.07, 6.45) is 5.13. The molecule has 0 saturated carbocycles. The van der Waals surface area contributed by atoms with Crippen molar-refractivity contribution in [2.75, 3.05) is 12.4 Å². The Balaban J connectivity index is 1.80. The Morgan fingerprint density at radius 2 is 1.79 bits per heavy atom. The van der Waals surface area contributed by atoms with Crippen LogP contribution in [0.1, 0.15) is 29.6 Å². The molecule has 2 N–H and O–H groups in total. The first-order chi connectivity index (χ1) is 16.0. The first-order valence-corrected chi connectivity index (χ1v) is 10.6. The summed E-state index contributed by atoms with van der Waals surface area (Å²) in [6.45, 7) is 5.65. The van der Waals surface area contributed by atoms with E-state index < -0.39 is 0 Å². The molecule has 0 aliphatic heterocycles. The minimum atomic E-state index is -0.347. The molecule has 0 aliphatic carbocycles. The van der Waals surface area contributed by atoms with Gasteiger partial charge >= 0.3 is 0 Å². The Morgan fingerprint density at radius 3 is 2.55 bits per heavy atom. The van der Waals surface area contributed by atoms with Gasteiger partial charge in [0.05, 0.1) is 6.04 Å². The highest BCUT2D eigenvalue weighted by Crippen LogP contribution is 2.28. The Hall–Kier alpha value is -4.15. The van der Waals surface area contributed by atoms with Crippen molar-refractivity contribution in [1.82, 2.24) is 25.3 Å². The Kier molecular flexibility index (Phi) is 6.38. The van der Waals surface area contributed by atoms with E-state index in [1.54, 1.807) is 32.6 Å². The number of aromatic nitrogens is 4. The highest BCUT2D eigenvalue weighted by Gasteiger charge is 2.16. The number of nitrogens with zero attached hydrogens (tertiary/aromatic N) is 4. The number of hydrogen-bond donors (Lipinski definition) is 2. The number of fused-ring (bicyclic) bond motifs is 1. The van der Waals surface area contributed by atoms with E-state index in [1.165, 1.54) is 0 Å².